The number of carbonyl (C=O) groups excluding carboxylic acids is 1. The number of hydrogen-bond donors (Lipinski definition) is 0. The molecule has 2 heterocycles. The van der Waals surface area contributed by atoms with Crippen LogP contribution in [-0.2, 0) is 6.42 Å². The van der Waals surface area contributed by atoms with E-state index in [0.717, 1.165) is 29.2 Å². The van der Waals surface area contributed by atoms with Gasteiger partial charge in [-0.25, -0.2) is 9.50 Å². The van der Waals surface area contributed by atoms with E-state index in [0.29, 0.717) is 22.9 Å². The zero-order chi connectivity index (χ0) is 17.4. The summed E-state index contributed by atoms with van der Waals surface area (Å²) in [6.45, 7) is 2.05. The van der Waals surface area contributed by atoms with Gasteiger partial charge in [0.2, 0.25) is 5.16 Å². The summed E-state index contributed by atoms with van der Waals surface area (Å²) in [6.07, 6.45) is 2.99. The summed E-state index contributed by atoms with van der Waals surface area (Å²) in [6, 6.07) is 7.90. The van der Waals surface area contributed by atoms with Crippen molar-refractivity contribution in [3.05, 3.63) is 47.3 Å². The Morgan fingerprint density at radius 3 is 2.76 bits per heavy atom. The van der Waals surface area contributed by atoms with Gasteiger partial charge in [0.1, 0.15) is 5.75 Å². The molecule has 0 N–H and O–H groups in total. The summed E-state index contributed by atoms with van der Waals surface area (Å²) in [4.78, 5) is 21.7. The lowest BCUT2D eigenvalue weighted by atomic mass is 9.82. The number of Topliss-reactive ketones (excluding diaryl/α,β-unsaturated/α-hetero) is 1. The second-order valence-corrected chi connectivity index (χ2v) is 7.21. The Balaban J connectivity index is 1.68. The third-order valence-electron chi connectivity index (χ3n) is 4.42. The molecule has 0 saturated heterocycles. The maximum Gasteiger partial charge on any atom is 0.253 e. The predicted octanol–water partition coefficient (Wildman–Crippen LogP) is 3.16. The standard InChI is InChI=1S/C18H18N4O2S/c1-3-25-18-20-17-19-15-8-12(11-4-6-13(24-2)7-5-11)9-16(23)14(15)10-22(17)21-18/h4-7,10,12H,3,8-9H2,1-2H3/t12-/m0/s1. The van der Waals surface area contributed by atoms with Gasteiger partial charge in [-0.15, -0.1) is 5.10 Å². The number of ether oxygens (including phenoxy) is 1. The highest BCUT2D eigenvalue weighted by Crippen LogP contribution is 2.32. The number of aromatic nitrogens is 4. The van der Waals surface area contributed by atoms with E-state index < -0.39 is 0 Å². The molecule has 4 rings (SSSR count). The summed E-state index contributed by atoms with van der Waals surface area (Å²) in [5, 5.41) is 5.07. The Morgan fingerprint density at radius 1 is 1.24 bits per heavy atom. The van der Waals surface area contributed by atoms with Gasteiger partial charge in [0.25, 0.3) is 5.78 Å². The molecule has 1 aromatic carbocycles. The SMILES string of the molecule is CCSc1nc2nc3c(cn2n1)C(=O)C[C@@H](c1ccc(OC)cc1)C3. The fraction of sp³-hybridized carbons (Fsp3) is 0.333. The fourth-order valence-electron chi connectivity index (χ4n) is 3.17. The second kappa shape index (κ2) is 6.48. The van der Waals surface area contributed by atoms with E-state index in [1.54, 1.807) is 29.6 Å². The third-order valence-corrected chi connectivity index (χ3v) is 5.14. The molecule has 3 aromatic rings. The first kappa shape index (κ1) is 16.1. The largest absolute Gasteiger partial charge is 0.497 e. The minimum absolute atomic E-state index is 0.108. The Kier molecular flexibility index (Phi) is 4.17. The van der Waals surface area contributed by atoms with Crippen LogP contribution in [0.2, 0.25) is 0 Å². The highest BCUT2D eigenvalue weighted by atomic mass is 32.2. The first-order valence-corrected chi connectivity index (χ1v) is 9.22. The lowest BCUT2D eigenvalue weighted by molar-refractivity contribution is 0.0962. The van der Waals surface area contributed by atoms with E-state index in [1.165, 1.54) is 0 Å². The van der Waals surface area contributed by atoms with Crippen LogP contribution in [0.1, 0.15) is 40.9 Å². The lowest BCUT2D eigenvalue weighted by Gasteiger charge is -2.23. The van der Waals surface area contributed by atoms with Crippen molar-refractivity contribution in [3.8, 4) is 5.75 Å². The van der Waals surface area contributed by atoms with E-state index in [2.05, 4.69) is 22.0 Å². The molecule has 0 unspecified atom stereocenters. The number of rotatable bonds is 4. The van der Waals surface area contributed by atoms with Crippen LogP contribution in [0.15, 0.2) is 35.6 Å². The minimum Gasteiger partial charge on any atom is -0.497 e. The third kappa shape index (κ3) is 3.00. The first-order valence-electron chi connectivity index (χ1n) is 8.24. The summed E-state index contributed by atoms with van der Waals surface area (Å²) in [5.41, 5.74) is 2.60. The molecule has 7 heteroatoms. The zero-order valence-corrected chi connectivity index (χ0v) is 14.9. The molecule has 0 aliphatic heterocycles. The number of methoxy groups -OCH3 is 1. The van der Waals surface area contributed by atoms with Gasteiger partial charge in [0.05, 0.1) is 18.4 Å². The van der Waals surface area contributed by atoms with Crippen LogP contribution in [0.3, 0.4) is 0 Å². The van der Waals surface area contributed by atoms with E-state index >= 15 is 0 Å². The molecular formula is C18H18N4O2S. The van der Waals surface area contributed by atoms with Gasteiger partial charge >= 0.3 is 0 Å². The Hall–Kier alpha value is -2.41. The topological polar surface area (TPSA) is 69.4 Å². The van der Waals surface area contributed by atoms with Crippen molar-refractivity contribution in [2.45, 2.75) is 30.8 Å². The van der Waals surface area contributed by atoms with Gasteiger partial charge < -0.3 is 4.74 Å². The van der Waals surface area contributed by atoms with Crippen molar-refractivity contribution in [3.63, 3.8) is 0 Å². The number of ketones is 1. The molecule has 2 aromatic heterocycles. The normalized spacial score (nSPS) is 16.9. The van der Waals surface area contributed by atoms with Gasteiger partial charge in [0.15, 0.2) is 5.78 Å². The van der Waals surface area contributed by atoms with Gasteiger partial charge in [-0.2, -0.15) is 4.98 Å². The molecule has 0 amide bonds. The van der Waals surface area contributed by atoms with Crippen molar-refractivity contribution < 1.29 is 9.53 Å². The van der Waals surface area contributed by atoms with Gasteiger partial charge in [0, 0.05) is 12.6 Å². The molecule has 1 aliphatic rings. The average molecular weight is 354 g/mol. The number of hydrogen-bond acceptors (Lipinski definition) is 6. The first-order chi connectivity index (χ1) is 12.2. The predicted molar refractivity (Wildman–Crippen MR) is 95.6 cm³/mol. The van der Waals surface area contributed by atoms with Crippen LogP contribution in [0.5, 0.6) is 5.75 Å². The summed E-state index contributed by atoms with van der Waals surface area (Å²) < 4.78 is 6.82. The van der Waals surface area contributed by atoms with Crippen LogP contribution in [0.4, 0.5) is 0 Å². The summed E-state index contributed by atoms with van der Waals surface area (Å²) in [5.74, 6) is 2.51. The van der Waals surface area contributed by atoms with E-state index in [1.807, 2.05) is 24.3 Å². The van der Waals surface area contributed by atoms with Crippen molar-refractivity contribution in [1.29, 1.82) is 0 Å². The molecule has 6 nitrogen and oxygen atoms in total. The van der Waals surface area contributed by atoms with Gasteiger partial charge in [-0.3, -0.25) is 4.79 Å². The Morgan fingerprint density at radius 2 is 2.04 bits per heavy atom. The summed E-state index contributed by atoms with van der Waals surface area (Å²) in [7, 11) is 1.65. The molecule has 1 atom stereocenters. The van der Waals surface area contributed by atoms with E-state index in [-0.39, 0.29) is 11.7 Å². The minimum atomic E-state index is 0.108. The second-order valence-electron chi connectivity index (χ2n) is 5.97. The van der Waals surface area contributed by atoms with E-state index in [4.69, 9.17) is 4.74 Å². The molecular weight excluding hydrogens is 336 g/mol. The van der Waals surface area contributed by atoms with E-state index in [9.17, 15) is 4.79 Å². The monoisotopic (exact) mass is 354 g/mol. The van der Waals surface area contributed by atoms with Crippen LogP contribution in [0, 0.1) is 0 Å². The number of thioether (sulfide) groups is 1. The molecule has 128 valence electrons. The van der Waals surface area contributed by atoms with Crippen molar-refractivity contribution in [1.82, 2.24) is 19.6 Å². The number of nitrogens with zero attached hydrogens (tertiary/aromatic N) is 4. The quantitative estimate of drug-likeness (QED) is 0.670. The van der Waals surface area contributed by atoms with Gasteiger partial charge in [-0.1, -0.05) is 30.8 Å². The number of benzene rings is 1. The van der Waals surface area contributed by atoms with Gasteiger partial charge in [-0.05, 0) is 35.8 Å². The van der Waals surface area contributed by atoms with Crippen LogP contribution in [0.25, 0.3) is 5.78 Å². The van der Waals surface area contributed by atoms with Crippen LogP contribution in [-0.4, -0.2) is 38.2 Å². The van der Waals surface area contributed by atoms with Crippen LogP contribution < -0.4 is 4.74 Å². The molecule has 0 spiro atoms. The molecule has 0 radical (unpaired) electrons. The Bertz CT molecular complexity index is 936. The molecule has 25 heavy (non-hydrogen) atoms. The Labute approximate surface area is 149 Å². The zero-order valence-electron chi connectivity index (χ0n) is 14.1. The number of carbonyl (C=O) groups is 1. The van der Waals surface area contributed by atoms with Crippen molar-refractivity contribution in [2.24, 2.45) is 0 Å². The smallest absolute Gasteiger partial charge is 0.253 e. The fourth-order valence-corrected chi connectivity index (χ4v) is 3.72. The van der Waals surface area contributed by atoms with Crippen LogP contribution >= 0.6 is 11.8 Å². The molecule has 0 saturated carbocycles. The molecule has 0 fully saturated rings. The maximum absolute atomic E-state index is 12.6. The summed E-state index contributed by atoms with van der Waals surface area (Å²) >= 11 is 1.57. The van der Waals surface area contributed by atoms with Crippen molar-refractivity contribution in [2.75, 3.05) is 12.9 Å². The highest BCUT2D eigenvalue weighted by molar-refractivity contribution is 7.99. The average Bonchev–Trinajstić information content (AvgIpc) is 3.02. The molecule has 0 bridgehead atoms. The highest BCUT2D eigenvalue weighted by Gasteiger charge is 2.28. The lowest BCUT2D eigenvalue weighted by Crippen LogP contribution is -2.21. The maximum atomic E-state index is 12.6. The number of fused-ring (bicyclic) bond motifs is 2. The molecule has 1 aliphatic carbocycles. The van der Waals surface area contributed by atoms with Crippen molar-refractivity contribution >= 4 is 23.3 Å².